The molecule has 1 fully saturated rings. The summed E-state index contributed by atoms with van der Waals surface area (Å²) < 4.78 is 0. The van der Waals surface area contributed by atoms with Crippen molar-refractivity contribution >= 4 is 6.03 Å². The van der Waals surface area contributed by atoms with Gasteiger partial charge in [0.15, 0.2) is 0 Å². The largest absolute Gasteiger partial charge is 0.330 e. The molecule has 1 heterocycles. The van der Waals surface area contributed by atoms with E-state index in [9.17, 15) is 4.79 Å². The number of nitrogens with zero attached hydrogens (tertiary/aromatic N) is 2. The van der Waals surface area contributed by atoms with E-state index in [1.165, 1.54) is 0 Å². The maximum Gasteiger partial charge on any atom is 0.319 e. The fourth-order valence-electron chi connectivity index (χ4n) is 1.64. The van der Waals surface area contributed by atoms with Crippen molar-refractivity contribution in [2.24, 2.45) is 11.7 Å². The summed E-state index contributed by atoms with van der Waals surface area (Å²) in [5.74, 6) is 0.500. The topological polar surface area (TPSA) is 49.6 Å². The third-order valence-electron chi connectivity index (χ3n) is 2.97. The predicted molar refractivity (Wildman–Crippen MR) is 57.0 cm³/mol. The van der Waals surface area contributed by atoms with Crippen molar-refractivity contribution in [1.29, 1.82) is 0 Å². The summed E-state index contributed by atoms with van der Waals surface area (Å²) in [5.41, 5.74) is 5.58. The SMILES string of the molecule is CC(C)N(C)C(=O)N1CCC(CN)C1. The molecule has 14 heavy (non-hydrogen) atoms. The van der Waals surface area contributed by atoms with E-state index in [-0.39, 0.29) is 12.1 Å². The molecule has 1 aliphatic rings. The molecule has 0 aromatic carbocycles. The molecule has 0 aromatic rings. The second kappa shape index (κ2) is 4.64. The third-order valence-corrected chi connectivity index (χ3v) is 2.97. The Labute approximate surface area is 86.0 Å². The van der Waals surface area contributed by atoms with Crippen LogP contribution in [0.15, 0.2) is 0 Å². The molecular formula is C10H21N3O. The Hall–Kier alpha value is -0.770. The summed E-state index contributed by atoms with van der Waals surface area (Å²) in [6, 6.07) is 0.398. The van der Waals surface area contributed by atoms with Gasteiger partial charge in [0, 0.05) is 26.2 Å². The first kappa shape index (κ1) is 11.3. The van der Waals surface area contributed by atoms with Crippen LogP contribution in [0.25, 0.3) is 0 Å². The van der Waals surface area contributed by atoms with Crippen molar-refractivity contribution in [2.75, 3.05) is 26.7 Å². The molecule has 0 aliphatic carbocycles. The van der Waals surface area contributed by atoms with Gasteiger partial charge >= 0.3 is 6.03 Å². The van der Waals surface area contributed by atoms with Crippen molar-refractivity contribution in [3.8, 4) is 0 Å². The monoisotopic (exact) mass is 199 g/mol. The zero-order chi connectivity index (χ0) is 10.7. The molecule has 82 valence electrons. The molecule has 0 spiro atoms. The van der Waals surface area contributed by atoms with E-state index in [0.717, 1.165) is 19.5 Å². The van der Waals surface area contributed by atoms with Crippen LogP contribution >= 0.6 is 0 Å². The highest BCUT2D eigenvalue weighted by Gasteiger charge is 2.27. The average molecular weight is 199 g/mol. The highest BCUT2D eigenvalue weighted by Crippen LogP contribution is 2.16. The second-order valence-corrected chi connectivity index (χ2v) is 4.32. The number of urea groups is 1. The summed E-state index contributed by atoms with van der Waals surface area (Å²) in [4.78, 5) is 15.5. The van der Waals surface area contributed by atoms with Crippen LogP contribution in [-0.4, -0.2) is 48.6 Å². The molecule has 2 N–H and O–H groups in total. The minimum atomic E-state index is 0.135. The summed E-state index contributed by atoms with van der Waals surface area (Å²) in [6.45, 7) is 6.42. The number of hydrogen-bond acceptors (Lipinski definition) is 2. The molecule has 4 nitrogen and oxygen atoms in total. The lowest BCUT2D eigenvalue weighted by molar-refractivity contribution is 0.161. The zero-order valence-electron chi connectivity index (χ0n) is 9.36. The van der Waals surface area contributed by atoms with Gasteiger partial charge < -0.3 is 15.5 Å². The molecule has 1 atom stereocenters. The second-order valence-electron chi connectivity index (χ2n) is 4.32. The summed E-state index contributed by atoms with van der Waals surface area (Å²) >= 11 is 0. The smallest absolute Gasteiger partial charge is 0.319 e. The number of carbonyl (C=O) groups is 1. The van der Waals surface area contributed by atoms with E-state index in [4.69, 9.17) is 5.73 Å². The fourth-order valence-corrected chi connectivity index (χ4v) is 1.64. The minimum absolute atomic E-state index is 0.135. The van der Waals surface area contributed by atoms with Gasteiger partial charge in [0.2, 0.25) is 0 Å². The first-order chi connectivity index (χ1) is 6.56. The first-order valence-electron chi connectivity index (χ1n) is 5.28. The molecule has 1 unspecified atom stereocenters. The molecule has 0 aromatic heterocycles. The number of rotatable bonds is 2. The number of nitrogens with two attached hydrogens (primary N) is 1. The van der Waals surface area contributed by atoms with Gasteiger partial charge in [-0.1, -0.05) is 0 Å². The lowest BCUT2D eigenvalue weighted by Gasteiger charge is -2.27. The van der Waals surface area contributed by atoms with Gasteiger partial charge in [-0.2, -0.15) is 0 Å². The average Bonchev–Trinajstić information content (AvgIpc) is 2.63. The van der Waals surface area contributed by atoms with Crippen LogP contribution in [0.3, 0.4) is 0 Å². The van der Waals surface area contributed by atoms with Gasteiger partial charge in [0.05, 0.1) is 0 Å². The van der Waals surface area contributed by atoms with Crippen LogP contribution in [0, 0.1) is 5.92 Å². The maximum absolute atomic E-state index is 11.9. The van der Waals surface area contributed by atoms with Crippen molar-refractivity contribution < 1.29 is 4.79 Å². The number of amides is 2. The van der Waals surface area contributed by atoms with Crippen LogP contribution in [0.5, 0.6) is 0 Å². The van der Waals surface area contributed by atoms with Crippen LogP contribution in [-0.2, 0) is 0 Å². The lowest BCUT2D eigenvalue weighted by atomic mass is 10.1. The van der Waals surface area contributed by atoms with E-state index < -0.39 is 0 Å². The van der Waals surface area contributed by atoms with Gasteiger partial charge in [0.1, 0.15) is 0 Å². The molecular weight excluding hydrogens is 178 g/mol. The highest BCUT2D eigenvalue weighted by molar-refractivity contribution is 5.74. The van der Waals surface area contributed by atoms with Crippen molar-refractivity contribution in [3.63, 3.8) is 0 Å². The Morgan fingerprint density at radius 1 is 1.64 bits per heavy atom. The molecule has 4 heteroatoms. The standard InChI is InChI=1S/C10H21N3O/c1-8(2)12(3)10(14)13-5-4-9(6-11)7-13/h8-9H,4-7,11H2,1-3H3. The van der Waals surface area contributed by atoms with Crippen LogP contribution < -0.4 is 5.73 Å². The molecule has 1 aliphatic heterocycles. The molecule has 1 rings (SSSR count). The quantitative estimate of drug-likeness (QED) is 0.712. The van der Waals surface area contributed by atoms with E-state index in [1.54, 1.807) is 4.90 Å². The van der Waals surface area contributed by atoms with E-state index in [1.807, 2.05) is 25.8 Å². The lowest BCUT2D eigenvalue weighted by Crippen LogP contribution is -2.43. The van der Waals surface area contributed by atoms with Crippen molar-refractivity contribution in [1.82, 2.24) is 9.80 Å². The van der Waals surface area contributed by atoms with Gasteiger partial charge in [-0.25, -0.2) is 4.79 Å². The summed E-state index contributed by atoms with van der Waals surface area (Å²) in [6.07, 6.45) is 1.05. The van der Waals surface area contributed by atoms with E-state index in [2.05, 4.69) is 0 Å². The van der Waals surface area contributed by atoms with Crippen LogP contribution in [0.1, 0.15) is 20.3 Å². The predicted octanol–water partition coefficient (Wildman–Crippen LogP) is 0.727. The van der Waals surface area contributed by atoms with E-state index in [0.29, 0.717) is 12.5 Å². The van der Waals surface area contributed by atoms with Gasteiger partial charge in [-0.3, -0.25) is 0 Å². The van der Waals surface area contributed by atoms with Gasteiger partial charge in [0.25, 0.3) is 0 Å². The number of likely N-dealkylation sites (tertiary alicyclic amines) is 1. The Morgan fingerprint density at radius 3 is 2.71 bits per heavy atom. The minimum Gasteiger partial charge on any atom is -0.330 e. The van der Waals surface area contributed by atoms with E-state index >= 15 is 0 Å². The molecule has 0 radical (unpaired) electrons. The first-order valence-corrected chi connectivity index (χ1v) is 5.28. The third kappa shape index (κ3) is 2.38. The van der Waals surface area contributed by atoms with Crippen LogP contribution in [0.2, 0.25) is 0 Å². The zero-order valence-corrected chi connectivity index (χ0v) is 9.36. The Bertz CT molecular complexity index is 206. The molecule has 2 amide bonds. The number of carbonyl (C=O) groups excluding carboxylic acids is 1. The van der Waals surface area contributed by atoms with Crippen molar-refractivity contribution in [3.05, 3.63) is 0 Å². The maximum atomic E-state index is 11.9. The fraction of sp³-hybridized carbons (Fsp3) is 0.900. The molecule has 0 saturated carbocycles. The van der Waals surface area contributed by atoms with Gasteiger partial charge in [-0.05, 0) is 32.7 Å². The normalized spacial score (nSPS) is 21.8. The Kier molecular flexibility index (Phi) is 3.75. The van der Waals surface area contributed by atoms with Gasteiger partial charge in [-0.15, -0.1) is 0 Å². The Morgan fingerprint density at radius 2 is 2.29 bits per heavy atom. The Balaban J connectivity index is 2.47. The molecule has 1 saturated heterocycles. The number of hydrogen-bond donors (Lipinski definition) is 1. The van der Waals surface area contributed by atoms with Crippen LogP contribution in [0.4, 0.5) is 4.79 Å². The summed E-state index contributed by atoms with van der Waals surface area (Å²) in [5, 5.41) is 0. The molecule has 0 bridgehead atoms. The highest BCUT2D eigenvalue weighted by atomic mass is 16.2. The van der Waals surface area contributed by atoms with Crippen molar-refractivity contribution in [2.45, 2.75) is 26.3 Å². The summed E-state index contributed by atoms with van der Waals surface area (Å²) in [7, 11) is 1.85.